The molecule has 227 valence electrons. The number of allylic oxidation sites excluding steroid dienone is 4. The number of hydrogen-bond acceptors (Lipinski definition) is 0. The fourth-order valence-electron chi connectivity index (χ4n) is 7.32. The SMILES string of the molecule is CC(C)(C)c1ccc2c(c1)[CH]([Zr]=[C](c1ccccc1)c1ccccc1)c1c-2cc(-c2ccccc2)c(C(C)(C)C)c1C1=CC=CC1. The summed E-state index contributed by atoms with van der Waals surface area (Å²) in [5, 5.41) is 0. The van der Waals surface area contributed by atoms with Gasteiger partial charge in [0.1, 0.15) is 0 Å². The molecule has 0 nitrogen and oxygen atoms in total. The Bertz CT molecular complexity index is 1950. The summed E-state index contributed by atoms with van der Waals surface area (Å²) in [4.78, 5) is 0. The van der Waals surface area contributed by atoms with Gasteiger partial charge in [0.25, 0.3) is 0 Å². The first-order valence-electron chi connectivity index (χ1n) is 16.6. The van der Waals surface area contributed by atoms with Crippen molar-refractivity contribution >= 4 is 8.78 Å². The molecule has 0 aromatic heterocycles. The van der Waals surface area contributed by atoms with Gasteiger partial charge in [0.2, 0.25) is 0 Å². The van der Waals surface area contributed by atoms with Crippen molar-refractivity contribution in [2.45, 2.75) is 62.4 Å². The van der Waals surface area contributed by atoms with Crippen LogP contribution in [0.1, 0.15) is 90.5 Å². The molecule has 0 saturated carbocycles. The Balaban J connectivity index is 1.62. The topological polar surface area (TPSA) is 0 Å². The van der Waals surface area contributed by atoms with Gasteiger partial charge < -0.3 is 0 Å². The van der Waals surface area contributed by atoms with Crippen LogP contribution in [-0.4, -0.2) is 3.21 Å². The van der Waals surface area contributed by atoms with E-state index in [0.29, 0.717) is 3.63 Å². The summed E-state index contributed by atoms with van der Waals surface area (Å²) >= 11 is -1.29. The second kappa shape index (κ2) is 12.2. The van der Waals surface area contributed by atoms with E-state index in [9.17, 15) is 0 Å². The summed E-state index contributed by atoms with van der Waals surface area (Å²) in [5.41, 5.74) is 17.4. The van der Waals surface area contributed by atoms with E-state index < -0.39 is 22.8 Å². The fourth-order valence-corrected chi connectivity index (χ4v) is 11.7. The van der Waals surface area contributed by atoms with E-state index in [1.807, 2.05) is 0 Å². The molecule has 0 N–H and O–H groups in total. The molecular formula is C45H43Zr. The van der Waals surface area contributed by atoms with Crippen molar-refractivity contribution in [3.05, 3.63) is 172 Å². The molecule has 1 unspecified atom stereocenters. The van der Waals surface area contributed by atoms with Crippen LogP contribution in [-0.2, 0) is 33.6 Å². The van der Waals surface area contributed by atoms with Crippen LogP contribution in [0.25, 0.3) is 27.8 Å². The zero-order valence-electron chi connectivity index (χ0n) is 28.0. The third-order valence-electron chi connectivity index (χ3n) is 9.52. The van der Waals surface area contributed by atoms with Crippen molar-refractivity contribution in [3.63, 3.8) is 0 Å². The van der Waals surface area contributed by atoms with Crippen molar-refractivity contribution in [1.82, 2.24) is 0 Å². The molecule has 0 heterocycles. The van der Waals surface area contributed by atoms with Crippen molar-refractivity contribution in [3.8, 4) is 22.3 Å². The molecule has 2 aliphatic rings. The van der Waals surface area contributed by atoms with E-state index in [2.05, 4.69) is 175 Å². The predicted molar refractivity (Wildman–Crippen MR) is 194 cm³/mol. The standard InChI is InChI=1S/C32H33.C13H10.Zr/c1-31(2,3)24-16-17-25-23(18-24)19-28-27(25)20-26(21-12-8-7-9-13-21)30(32(4,5)6)29(28)22-14-10-11-15-22;1-3-7-12(8-4-1)11-13-9-5-2-6-10-13;/h7-14,16-20H,15H2,1-6H3;1-10H;. The Kier molecular flexibility index (Phi) is 8.19. The first-order valence-corrected chi connectivity index (χ1v) is 19.3. The van der Waals surface area contributed by atoms with Crippen LogP contribution in [0.5, 0.6) is 0 Å². The minimum atomic E-state index is -1.29. The van der Waals surface area contributed by atoms with Crippen molar-refractivity contribution in [2.24, 2.45) is 0 Å². The van der Waals surface area contributed by atoms with Crippen LogP contribution >= 0.6 is 0 Å². The van der Waals surface area contributed by atoms with Crippen LogP contribution < -0.4 is 0 Å². The summed E-state index contributed by atoms with van der Waals surface area (Å²) < 4.78 is 1.97. The normalized spacial score (nSPS) is 15.3. The zero-order chi connectivity index (χ0) is 32.1. The average Bonchev–Trinajstić information content (AvgIpc) is 3.70. The summed E-state index contributed by atoms with van der Waals surface area (Å²) in [6, 6.07) is 43.5. The third-order valence-corrected chi connectivity index (χ3v) is 13.8. The summed E-state index contributed by atoms with van der Waals surface area (Å²) in [6.07, 6.45) is 7.99. The molecule has 0 bridgehead atoms. The van der Waals surface area contributed by atoms with Crippen molar-refractivity contribution in [1.29, 1.82) is 0 Å². The maximum atomic E-state index is 2.58. The Morgan fingerprint density at radius 1 is 0.630 bits per heavy atom. The molecule has 1 atom stereocenters. The van der Waals surface area contributed by atoms with Gasteiger partial charge in [-0.25, -0.2) is 0 Å². The maximum absolute atomic E-state index is 2.58. The molecule has 2 aliphatic carbocycles. The van der Waals surface area contributed by atoms with Crippen LogP contribution in [0.15, 0.2) is 133 Å². The molecule has 5 aromatic rings. The van der Waals surface area contributed by atoms with Gasteiger partial charge in [-0.2, -0.15) is 0 Å². The second-order valence-electron chi connectivity index (χ2n) is 14.8. The van der Waals surface area contributed by atoms with E-state index in [1.165, 1.54) is 61.2 Å². The molecule has 0 spiro atoms. The molecule has 7 rings (SSSR count). The van der Waals surface area contributed by atoms with Gasteiger partial charge in [-0.1, -0.05) is 0 Å². The van der Waals surface area contributed by atoms with E-state index in [4.69, 9.17) is 0 Å². The summed E-state index contributed by atoms with van der Waals surface area (Å²) in [7, 11) is 0. The van der Waals surface area contributed by atoms with Crippen molar-refractivity contribution in [2.75, 3.05) is 0 Å². The van der Waals surface area contributed by atoms with Gasteiger partial charge in [-0.15, -0.1) is 0 Å². The van der Waals surface area contributed by atoms with Gasteiger partial charge >= 0.3 is 289 Å². The molecule has 0 fully saturated rings. The van der Waals surface area contributed by atoms with E-state index in [-0.39, 0.29) is 10.8 Å². The van der Waals surface area contributed by atoms with Gasteiger partial charge in [-0.3, -0.25) is 0 Å². The Hall–Kier alpha value is -3.67. The first-order chi connectivity index (χ1) is 22.1. The quantitative estimate of drug-likeness (QED) is 0.174. The van der Waals surface area contributed by atoms with E-state index >= 15 is 0 Å². The van der Waals surface area contributed by atoms with E-state index in [1.54, 1.807) is 8.77 Å². The van der Waals surface area contributed by atoms with Crippen molar-refractivity contribution < 1.29 is 22.8 Å². The molecule has 0 radical (unpaired) electrons. The summed E-state index contributed by atoms with van der Waals surface area (Å²) in [5.74, 6) is 0. The molecule has 0 aliphatic heterocycles. The van der Waals surface area contributed by atoms with Gasteiger partial charge in [-0.05, 0) is 0 Å². The Labute approximate surface area is 287 Å². The molecule has 5 aromatic carbocycles. The second-order valence-corrected chi connectivity index (χ2v) is 18.2. The third kappa shape index (κ3) is 5.73. The average molecular weight is 675 g/mol. The van der Waals surface area contributed by atoms with E-state index in [0.717, 1.165) is 6.42 Å². The Morgan fingerprint density at radius 2 is 1.24 bits per heavy atom. The monoisotopic (exact) mass is 673 g/mol. The number of rotatable bonds is 5. The number of hydrogen-bond donors (Lipinski definition) is 0. The number of benzene rings is 5. The van der Waals surface area contributed by atoms with Crippen LogP contribution in [0.4, 0.5) is 0 Å². The fraction of sp³-hybridized carbons (Fsp3) is 0.222. The Morgan fingerprint density at radius 3 is 1.78 bits per heavy atom. The molecule has 46 heavy (non-hydrogen) atoms. The predicted octanol–water partition coefficient (Wildman–Crippen LogP) is 11.7. The molecule has 1 heteroatoms. The van der Waals surface area contributed by atoms with Gasteiger partial charge in [0.15, 0.2) is 0 Å². The van der Waals surface area contributed by atoms with Crippen LogP contribution in [0.2, 0.25) is 0 Å². The molecule has 0 saturated heterocycles. The molecule has 0 amide bonds. The zero-order valence-corrected chi connectivity index (χ0v) is 30.4. The summed E-state index contributed by atoms with van der Waals surface area (Å²) in [6.45, 7) is 14.3. The number of fused-ring (bicyclic) bond motifs is 3. The minimum absolute atomic E-state index is 0.0364. The van der Waals surface area contributed by atoms with Gasteiger partial charge in [0, 0.05) is 0 Å². The molecular weight excluding hydrogens is 632 g/mol. The van der Waals surface area contributed by atoms with Crippen LogP contribution in [0.3, 0.4) is 0 Å². The van der Waals surface area contributed by atoms with Gasteiger partial charge in [0.05, 0.1) is 0 Å². The van der Waals surface area contributed by atoms with Crippen LogP contribution in [0, 0.1) is 0 Å². The first kappa shape index (κ1) is 31.0.